The van der Waals surface area contributed by atoms with Crippen molar-refractivity contribution in [2.24, 2.45) is 0 Å². The minimum Gasteiger partial charge on any atom is -0.399 e. The Hall–Kier alpha value is -2.25. The standard InChI is InChI=1S/C14H11N3O2S2/c1-7(18)10-6-20-14(16-10)17-13(19)12-5-8-4-9(15)2-3-11(8)21-12/h2-6H,15H2,1H3,(H,16,17,19). The van der Waals surface area contributed by atoms with Gasteiger partial charge in [0.1, 0.15) is 5.69 Å². The van der Waals surface area contributed by atoms with Crippen LogP contribution in [0.3, 0.4) is 0 Å². The van der Waals surface area contributed by atoms with Gasteiger partial charge in [0.05, 0.1) is 4.88 Å². The number of thiophene rings is 1. The third-order valence-corrected chi connectivity index (χ3v) is 4.72. The fourth-order valence-corrected chi connectivity index (χ4v) is 3.51. The van der Waals surface area contributed by atoms with Crippen LogP contribution in [-0.4, -0.2) is 16.7 Å². The smallest absolute Gasteiger partial charge is 0.267 e. The van der Waals surface area contributed by atoms with E-state index in [1.807, 2.05) is 12.1 Å². The van der Waals surface area contributed by atoms with Crippen LogP contribution in [0.4, 0.5) is 10.8 Å². The number of aromatic nitrogens is 1. The molecule has 0 saturated carbocycles. The molecule has 3 rings (SSSR count). The summed E-state index contributed by atoms with van der Waals surface area (Å²) >= 11 is 2.62. The number of anilines is 2. The molecule has 0 aliphatic rings. The molecule has 2 heterocycles. The van der Waals surface area contributed by atoms with Crippen LogP contribution in [-0.2, 0) is 0 Å². The number of ketones is 1. The van der Waals surface area contributed by atoms with Gasteiger partial charge in [0.15, 0.2) is 10.9 Å². The third kappa shape index (κ3) is 2.79. The van der Waals surface area contributed by atoms with Gasteiger partial charge in [-0.3, -0.25) is 14.9 Å². The molecule has 5 nitrogen and oxygen atoms in total. The number of Topliss-reactive ketones (excluding diaryl/α,β-unsaturated/α-hetero) is 1. The zero-order chi connectivity index (χ0) is 15.0. The summed E-state index contributed by atoms with van der Waals surface area (Å²) < 4.78 is 0.998. The maximum atomic E-state index is 12.2. The molecule has 0 unspecified atom stereocenters. The SMILES string of the molecule is CC(=O)c1csc(NC(=O)c2cc3cc(N)ccc3s2)n1. The van der Waals surface area contributed by atoms with Crippen molar-refractivity contribution in [1.29, 1.82) is 0 Å². The number of nitrogen functional groups attached to an aromatic ring is 1. The number of carbonyl (C=O) groups is 2. The van der Waals surface area contributed by atoms with E-state index in [0.717, 1.165) is 10.1 Å². The van der Waals surface area contributed by atoms with Gasteiger partial charge >= 0.3 is 0 Å². The van der Waals surface area contributed by atoms with Gasteiger partial charge < -0.3 is 5.73 Å². The van der Waals surface area contributed by atoms with Crippen LogP contribution in [0.15, 0.2) is 29.6 Å². The number of rotatable bonds is 3. The first kappa shape index (κ1) is 13.7. The summed E-state index contributed by atoms with van der Waals surface area (Å²) in [6, 6.07) is 7.33. The molecule has 3 aromatic rings. The number of benzene rings is 1. The number of amides is 1. The van der Waals surface area contributed by atoms with Crippen LogP contribution in [0.25, 0.3) is 10.1 Å². The van der Waals surface area contributed by atoms with Gasteiger partial charge in [-0.2, -0.15) is 0 Å². The van der Waals surface area contributed by atoms with Crippen LogP contribution < -0.4 is 11.1 Å². The summed E-state index contributed by atoms with van der Waals surface area (Å²) in [7, 11) is 0. The largest absolute Gasteiger partial charge is 0.399 e. The summed E-state index contributed by atoms with van der Waals surface area (Å²) in [6.45, 7) is 1.44. The van der Waals surface area contributed by atoms with E-state index in [1.165, 1.54) is 29.6 Å². The molecule has 0 aliphatic carbocycles. The van der Waals surface area contributed by atoms with Crippen LogP contribution in [0.1, 0.15) is 27.1 Å². The van der Waals surface area contributed by atoms with Crippen molar-refractivity contribution in [3.8, 4) is 0 Å². The molecule has 1 amide bonds. The topological polar surface area (TPSA) is 85.1 Å². The number of hydrogen-bond donors (Lipinski definition) is 2. The van der Waals surface area contributed by atoms with E-state index in [2.05, 4.69) is 10.3 Å². The number of nitrogens with two attached hydrogens (primary N) is 1. The lowest BCUT2D eigenvalue weighted by Crippen LogP contribution is -2.10. The molecular weight excluding hydrogens is 306 g/mol. The molecule has 106 valence electrons. The normalized spacial score (nSPS) is 10.7. The number of nitrogens with zero attached hydrogens (tertiary/aromatic N) is 1. The van der Waals surface area contributed by atoms with Gasteiger partial charge in [-0.25, -0.2) is 4.98 Å². The zero-order valence-corrected chi connectivity index (χ0v) is 12.7. The fraction of sp³-hybridized carbons (Fsp3) is 0.0714. The van der Waals surface area contributed by atoms with Gasteiger partial charge in [0.25, 0.3) is 5.91 Å². The number of nitrogens with one attached hydrogen (secondary N) is 1. The molecule has 0 atom stereocenters. The average molecular weight is 317 g/mol. The highest BCUT2D eigenvalue weighted by Crippen LogP contribution is 2.28. The van der Waals surface area contributed by atoms with Crippen molar-refractivity contribution in [3.63, 3.8) is 0 Å². The number of fused-ring (bicyclic) bond motifs is 1. The van der Waals surface area contributed by atoms with Gasteiger partial charge in [-0.15, -0.1) is 22.7 Å². The monoisotopic (exact) mass is 317 g/mol. The molecule has 0 fully saturated rings. The van der Waals surface area contributed by atoms with Crippen molar-refractivity contribution in [1.82, 2.24) is 4.98 Å². The molecule has 0 radical (unpaired) electrons. The lowest BCUT2D eigenvalue weighted by molar-refractivity contribution is 0.100. The van der Waals surface area contributed by atoms with Crippen molar-refractivity contribution < 1.29 is 9.59 Å². The van der Waals surface area contributed by atoms with Gasteiger partial charge in [0, 0.05) is 22.7 Å². The number of thiazole rings is 1. The second kappa shape index (κ2) is 5.27. The van der Waals surface area contributed by atoms with E-state index in [-0.39, 0.29) is 11.7 Å². The van der Waals surface area contributed by atoms with Crippen LogP contribution in [0.5, 0.6) is 0 Å². The first-order valence-electron chi connectivity index (χ1n) is 6.10. The lowest BCUT2D eigenvalue weighted by atomic mass is 10.2. The highest BCUT2D eigenvalue weighted by Gasteiger charge is 2.13. The van der Waals surface area contributed by atoms with Gasteiger partial charge in [-0.1, -0.05) is 0 Å². The van der Waals surface area contributed by atoms with Crippen molar-refractivity contribution >= 4 is 55.3 Å². The Labute approximate surface area is 128 Å². The Kier molecular flexibility index (Phi) is 3.44. The number of carbonyl (C=O) groups excluding carboxylic acids is 2. The van der Waals surface area contributed by atoms with E-state index in [4.69, 9.17) is 5.73 Å². The van der Waals surface area contributed by atoms with Gasteiger partial charge in [0.2, 0.25) is 0 Å². The third-order valence-electron chi connectivity index (χ3n) is 2.85. The van der Waals surface area contributed by atoms with Crippen molar-refractivity contribution in [2.75, 3.05) is 11.1 Å². The second-order valence-electron chi connectivity index (χ2n) is 4.46. The maximum Gasteiger partial charge on any atom is 0.267 e. The van der Waals surface area contributed by atoms with E-state index < -0.39 is 0 Å². The molecule has 0 saturated heterocycles. The van der Waals surface area contributed by atoms with Crippen LogP contribution >= 0.6 is 22.7 Å². The lowest BCUT2D eigenvalue weighted by Gasteiger charge is -1.97. The minimum absolute atomic E-state index is 0.121. The van der Waals surface area contributed by atoms with Gasteiger partial charge in [-0.05, 0) is 29.7 Å². The Morgan fingerprint density at radius 1 is 1.29 bits per heavy atom. The maximum absolute atomic E-state index is 12.2. The Morgan fingerprint density at radius 3 is 2.81 bits per heavy atom. The molecule has 0 spiro atoms. The van der Waals surface area contributed by atoms with Crippen molar-refractivity contribution in [2.45, 2.75) is 6.92 Å². The molecule has 3 N–H and O–H groups in total. The molecule has 1 aromatic carbocycles. The highest BCUT2D eigenvalue weighted by molar-refractivity contribution is 7.21. The Morgan fingerprint density at radius 2 is 2.10 bits per heavy atom. The second-order valence-corrected chi connectivity index (χ2v) is 6.40. The molecule has 7 heteroatoms. The molecular formula is C14H11N3O2S2. The quantitative estimate of drug-likeness (QED) is 0.573. The first-order valence-corrected chi connectivity index (χ1v) is 7.79. The molecule has 21 heavy (non-hydrogen) atoms. The fourth-order valence-electron chi connectivity index (χ4n) is 1.83. The Bertz CT molecular complexity index is 851. The Balaban J connectivity index is 1.84. The van der Waals surface area contributed by atoms with Crippen molar-refractivity contribution in [3.05, 3.63) is 40.2 Å². The minimum atomic E-state index is -0.237. The zero-order valence-electron chi connectivity index (χ0n) is 11.0. The summed E-state index contributed by atoms with van der Waals surface area (Å²) in [5.74, 6) is -0.358. The van der Waals surface area contributed by atoms with Crippen LogP contribution in [0, 0.1) is 0 Å². The average Bonchev–Trinajstić information content (AvgIpc) is 3.04. The summed E-state index contributed by atoms with van der Waals surface area (Å²) in [5.41, 5.74) is 6.75. The van der Waals surface area contributed by atoms with E-state index in [9.17, 15) is 9.59 Å². The summed E-state index contributed by atoms with van der Waals surface area (Å²) in [4.78, 5) is 28.0. The molecule has 0 bridgehead atoms. The first-order chi connectivity index (χ1) is 10.0. The van der Waals surface area contributed by atoms with E-state index >= 15 is 0 Å². The number of hydrogen-bond acceptors (Lipinski definition) is 6. The predicted octanol–water partition coefficient (Wildman–Crippen LogP) is 3.39. The van der Waals surface area contributed by atoms with Crippen LogP contribution in [0.2, 0.25) is 0 Å². The van der Waals surface area contributed by atoms with E-state index in [1.54, 1.807) is 17.5 Å². The highest BCUT2D eigenvalue weighted by atomic mass is 32.1. The predicted molar refractivity (Wildman–Crippen MR) is 86.3 cm³/mol. The van der Waals surface area contributed by atoms with E-state index in [0.29, 0.717) is 21.4 Å². The molecule has 2 aromatic heterocycles. The summed E-state index contributed by atoms with van der Waals surface area (Å²) in [5, 5.41) is 5.69. The molecule has 0 aliphatic heterocycles. The summed E-state index contributed by atoms with van der Waals surface area (Å²) in [6.07, 6.45) is 0.